The summed E-state index contributed by atoms with van der Waals surface area (Å²) in [4.78, 5) is 1.43. The molecule has 0 amide bonds. The first-order valence-corrected chi connectivity index (χ1v) is 5.84. The van der Waals surface area contributed by atoms with E-state index in [1.807, 2.05) is 0 Å². The van der Waals surface area contributed by atoms with E-state index in [9.17, 15) is 4.39 Å². The van der Waals surface area contributed by atoms with Gasteiger partial charge in [0.2, 0.25) is 0 Å². The highest BCUT2D eigenvalue weighted by Crippen LogP contribution is 2.12. The van der Waals surface area contributed by atoms with Crippen molar-refractivity contribution < 1.29 is 4.39 Å². The molecule has 2 N–H and O–H groups in total. The molecule has 0 saturated heterocycles. The van der Waals surface area contributed by atoms with E-state index in [1.165, 1.54) is 16.9 Å². The quantitative estimate of drug-likeness (QED) is 0.847. The molecule has 1 aromatic carbocycles. The topological polar surface area (TPSA) is 69.6 Å². The fraction of sp³-hybridized carbons (Fsp3) is 0.417. The Kier molecular flexibility index (Phi) is 3.99. The van der Waals surface area contributed by atoms with E-state index in [0.717, 1.165) is 12.0 Å². The Labute approximate surface area is 105 Å². The first-order valence-electron chi connectivity index (χ1n) is 5.84. The van der Waals surface area contributed by atoms with Crippen molar-refractivity contribution in [1.29, 1.82) is 0 Å². The van der Waals surface area contributed by atoms with Crippen LogP contribution in [-0.2, 0) is 19.9 Å². The van der Waals surface area contributed by atoms with Gasteiger partial charge in [-0.05, 0) is 41.8 Å². The van der Waals surface area contributed by atoms with Crippen molar-refractivity contribution >= 4 is 0 Å². The monoisotopic (exact) mass is 249 g/mol. The lowest BCUT2D eigenvalue weighted by atomic mass is 9.96. The maximum Gasteiger partial charge on any atom is 0.175 e. The van der Waals surface area contributed by atoms with Crippen LogP contribution < -0.4 is 5.73 Å². The predicted octanol–water partition coefficient (Wildman–Crippen LogP) is 0.709. The summed E-state index contributed by atoms with van der Waals surface area (Å²) in [6.45, 7) is 0.537. The van der Waals surface area contributed by atoms with E-state index >= 15 is 0 Å². The summed E-state index contributed by atoms with van der Waals surface area (Å²) in [5.74, 6) is 0.702. The van der Waals surface area contributed by atoms with E-state index in [0.29, 0.717) is 18.8 Å². The summed E-state index contributed by atoms with van der Waals surface area (Å²) in [5.41, 5.74) is 6.81. The molecule has 0 spiro atoms. The van der Waals surface area contributed by atoms with Gasteiger partial charge in [0.05, 0.1) is 7.05 Å². The zero-order chi connectivity index (χ0) is 13.0. The van der Waals surface area contributed by atoms with Gasteiger partial charge in [-0.2, -0.15) is 4.80 Å². The summed E-state index contributed by atoms with van der Waals surface area (Å²) in [6, 6.07) is 6.48. The van der Waals surface area contributed by atoms with Crippen LogP contribution in [0.15, 0.2) is 24.3 Å². The molecule has 1 atom stereocenters. The molecule has 0 bridgehead atoms. The lowest BCUT2D eigenvalue weighted by molar-refractivity contribution is 0.516. The molecule has 0 saturated carbocycles. The number of nitrogens with two attached hydrogens (primary N) is 1. The molecule has 0 aliphatic heterocycles. The van der Waals surface area contributed by atoms with E-state index < -0.39 is 0 Å². The van der Waals surface area contributed by atoms with Crippen molar-refractivity contribution in [3.63, 3.8) is 0 Å². The molecule has 1 unspecified atom stereocenters. The first-order chi connectivity index (χ1) is 8.67. The number of tetrazole rings is 1. The summed E-state index contributed by atoms with van der Waals surface area (Å²) in [5, 5.41) is 11.9. The highest BCUT2D eigenvalue weighted by Gasteiger charge is 2.12. The van der Waals surface area contributed by atoms with Crippen molar-refractivity contribution in [3.05, 3.63) is 41.5 Å². The molecule has 2 rings (SSSR count). The summed E-state index contributed by atoms with van der Waals surface area (Å²) < 4.78 is 12.8. The third kappa shape index (κ3) is 3.33. The minimum absolute atomic E-state index is 0.223. The molecule has 0 radical (unpaired) electrons. The molecule has 0 aliphatic rings. The Balaban J connectivity index is 1.99. The Morgan fingerprint density at radius 2 is 2.00 bits per heavy atom. The van der Waals surface area contributed by atoms with Crippen LogP contribution in [0, 0.1) is 11.7 Å². The second-order valence-corrected chi connectivity index (χ2v) is 4.33. The summed E-state index contributed by atoms with van der Waals surface area (Å²) >= 11 is 0. The van der Waals surface area contributed by atoms with Crippen molar-refractivity contribution in [2.24, 2.45) is 18.7 Å². The lowest BCUT2D eigenvalue weighted by Crippen LogP contribution is -2.20. The van der Waals surface area contributed by atoms with Gasteiger partial charge in [0.15, 0.2) is 5.82 Å². The summed E-state index contributed by atoms with van der Waals surface area (Å²) in [6.07, 6.45) is 1.47. The van der Waals surface area contributed by atoms with Crippen LogP contribution in [0.25, 0.3) is 0 Å². The number of hydrogen-bond donors (Lipinski definition) is 1. The molecule has 18 heavy (non-hydrogen) atoms. The SMILES string of the molecule is Cn1nnc(CC(CN)Cc2ccc(F)cc2)n1. The van der Waals surface area contributed by atoms with Gasteiger partial charge in [0.1, 0.15) is 5.82 Å². The Bertz CT molecular complexity index is 493. The molecule has 1 heterocycles. The maximum atomic E-state index is 12.8. The zero-order valence-electron chi connectivity index (χ0n) is 10.3. The fourth-order valence-electron chi connectivity index (χ4n) is 1.86. The van der Waals surface area contributed by atoms with Gasteiger partial charge in [-0.3, -0.25) is 0 Å². The van der Waals surface area contributed by atoms with Gasteiger partial charge in [0, 0.05) is 6.42 Å². The van der Waals surface area contributed by atoms with E-state index in [4.69, 9.17) is 5.73 Å². The van der Waals surface area contributed by atoms with E-state index in [1.54, 1.807) is 19.2 Å². The first kappa shape index (κ1) is 12.6. The van der Waals surface area contributed by atoms with Gasteiger partial charge >= 0.3 is 0 Å². The van der Waals surface area contributed by atoms with E-state index in [-0.39, 0.29) is 11.7 Å². The van der Waals surface area contributed by atoms with Gasteiger partial charge in [-0.25, -0.2) is 4.39 Å². The largest absolute Gasteiger partial charge is 0.330 e. The minimum atomic E-state index is -0.223. The van der Waals surface area contributed by atoms with Crippen molar-refractivity contribution in [2.75, 3.05) is 6.54 Å². The number of benzene rings is 1. The lowest BCUT2D eigenvalue weighted by Gasteiger charge is -2.12. The molecule has 5 nitrogen and oxygen atoms in total. The standard InChI is InChI=1S/C12H16FN5/c1-18-16-12(15-17-18)7-10(8-14)6-9-2-4-11(13)5-3-9/h2-5,10H,6-8,14H2,1H3. The Morgan fingerprint density at radius 1 is 1.28 bits per heavy atom. The van der Waals surface area contributed by atoms with Gasteiger partial charge in [-0.15, -0.1) is 10.2 Å². The van der Waals surface area contributed by atoms with E-state index in [2.05, 4.69) is 15.4 Å². The van der Waals surface area contributed by atoms with Crippen LogP contribution in [0.5, 0.6) is 0 Å². The number of halogens is 1. The van der Waals surface area contributed by atoms with Gasteiger partial charge in [0.25, 0.3) is 0 Å². The highest BCUT2D eigenvalue weighted by atomic mass is 19.1. The number of aromatic nitrogens is 4. The van der Waals surface area contributed by atoms with Crippen molar-refractivity contribution in [2.45, 2.75) is 12.8 Å². The van der Waals surface area contributed by atoms with Crippen LogP contribution in [0.3, 0.4) is 0 Å². The molecule has 0 fully saturated rings. The Morgan fingerprint density at radius 3 is 2.56 bits per heavy atom. The number of aryl methyl sites for hydroxylation is 1. The van der Waals surface area contributed by atoms with Crippen LogP contribution in [0.4, 0.5) is 4.39 Å². The molecule has 2 aromatic rings. The smallest absolute Gasteiger partial charge is 0.175 e. The Hall–Kier alpha value is -1.82. The van der Waals surface area contributed by atoms with Crippen LogP contribution in [0.2, 0.25) is 0 Å². The number of nitrogens with zero attached hydrogens (tertiary/aromatic N) is 4. The minimum Gasteiger partial charge on any atom is -0.330 e. The third-order valence-electron chi connectivity index (χ3n) is 2.79. The zero-order valence-corrected chi connectivity index (χ0v) is 10.3. The van der Waals surface area contributed by atoms with Crippen molar-refractivity contribution in [1.82, 2.24) is 20.2 Å². The van der Waals surface area contributed by atoms with Crippen molar-refractivity contribution in [3.8, 4) is 0 Å². The van der Waals surface area contributed by atoms with Crippen LogP contribution >= 0.6 is 0 Å². The molecule has 6 heteroatoms. The summed E-state index contributed by atoms with van der Waals surface area (Å²) in [7, 11) is 1.73. The average molecular weight is 249 g/mol. The highest BCUT2D eigenvalue weighted by molar-refractivity contribution is 5.16. The second kappa shape index (κ2) is 5.68. The normalized spacial score (nSPS) is 12.6. The molecular weight excluding hydrogens is 233 g/mol. The molecule has 1 aromatic heterocycles. The van der Waals surface area contributed by atoms with Crippen LogP contribution in [0.1, 0.15) is 11.4 Å². The molecule has 96 valence electrons. The number of hydrogen-bond acceptors (Lipinski definition) is 4. The predicted molar refractivity (Wildman–Crippen MR) is 65.2 cm³/mol. The third-order valence-corrected chi connectivity index (χ3v) is 2.79. The fourth-order valence-corrected chi connectivity index (χ4v) is 1.86. The van der Waals surface area contributed by atoms with Gasteiger partial charge in [-0.1, -0.05) is 12.1 Å². The average Bonchev–Trinajstić information content (AvgIpc) is 2.77. The van der Waals surface area contributed by atoms with Crippen LogP contribution in [-0.4, -0.2) is 26.8 Å². The maximum absolute atomic E-state index is 12.8. The second-order valence-electron chi connectivity index (χ2n) is 4.33. The van der Waals surface area contributed by atoms with Gasteiger partial charge < -0.3 is 5.73 Å². The number of rotatable bonds is 5. The molecular formula is C12H16FN5. The molecule has 0 aliphatic carbocycles.